The van der Waals surface area contributed by atoms with Crippen molar-refractivity contribution in [3.05, 3.63) is 65.5 Å². The minimum absolute atomic E-state index is 0.0487. The molecule has 3 rings (SSSR count). The second-order valence-corrected chi connectivity index (χ2v) is 7.59. The lowest BCUT2D eigenvalue weighted by Crippen LogP contribution is -2.12. The van der Waals surface area contributed by atoms with E-state index in [2.05, 4.69) is 15.5 Å². The Morgan fingerprint density at radius 3 is 2.58 bits per heavy atom. The molecule has 0 radical (unpaired) electrons. The summed E-state index contributed by atoms with van der Waals surface area (Å²) in [5.74, 6) is 0.657. The number of hydrogen-bond donors (Lipinski definition) is 1. The largest absolute Gasteiger partial charge is 0.426 e. The molecule has 0 spiro atoms. The number of carbonyl (C=O) groups is 1. The fraction of sp³-hybridized carbons (Fsp3) is 0.286. The molecular formula is C21H21F3N4O2S. The van der Waals surface area contributed by atoms with Crippen molar-refractivity contribution in [1.82, 2.24) is 14.8 Å². The fourth-order valence-corrected chi connectivity index (χ4v) is 3.55. The Bertz CT molecular complexity index is 1040. The van der Waals surface area contributed by atoms with E-state index in [9.17, 15) is 18.0 Å². The molecule has 31 heavy (non-hydrogen) atoms. The summed E-state index contributed by atoms with van der Waals surface area (Å²) >= 11 is 1.19. The highest BCUT2D eigenvalue weighted by Gasteiger charge is 2.30. The van der Waals surface area contributed by atoms with E-state index in [1.165, 1.54) is 17.8 Å². The van der Waals surface area contributed by atoms with Gasteiger partial charge in [0.1, 0.15) is 5.75 Å². The molecule has 0 bridgehead atoms. The number of rotatable bonds is 8. The molecule has 0 aliphatic heterocycles. The summed E-state index contributed by atoms with van der Waals surface area (Å²) < 4.78 is 45.7. The van der Waals surface area contributed by atoms with Crippen LogP contribution in [0.2, 0.25) is 0 Å². The summed E-state index contributed by atoms with van der Waals surface area (Å²) in [6.07, 6.45) is -4.40. The molecule has 0 aliphatic carbocycles. The van der Waals surface area contributed by atoms with E-state index in [0.29, 0.717) is 29.0 Å². The molecule has 3 aromatic rings. The van der Waals surface area contributed by atoms with Crippen LogP contribution in [0.1, 0.15) is 23.9 Å². The third-order valence-electron chi connectivity index (χ3n) is 4.32. The molecule has 2 aromatic carbocycles. The van der Waals surface area contributed by atoms with Crippen LogP contribution < -0.4 is 10.1 Å². The maximum Gasteiger partial charge on any atom is 0.416 e. The predicted octanol–water partition coefficient (Wildman–Crippen LogP) is 4.94. The molecule has 10 heteroatoms. The molecule has 0 saturated heterocycles. The van der Waals surface area contributed by atoms with E-state index in [0.717, 1.165) is 17.7 Å². The number of ether oxygens (including phenoxy) is 1. The molecule has 0 aliphatic rings. The normalized spacial score (nSPS) is 11.4. The minimum Gasteiger partial charge on any atom is -0.426 e. The zero-order chi connectivity index (χ0) is 22.4. The zero-order valence-electron chi connectivity index (χ0n) is 16.9. The molecule has 6 nitrogen and oxygen atoms in total. The smallest absolute Gasteiger partial charge is 0.416 e. The number of halogens is 3. The number of esters is 1. The second kappa shape index (κ2) is 9.86. The maximum atomic E-state index is 12.9. The van der Waals surface area contributed by atoms with Gasteiger partial charge in [0.25, 0.3) is 0 Å². The van der Waals surface area contributed by atoms with Crippen molar-refractivity contribution < 1.29 is 22.7 Å². The Morgan fingerprint density at radius 2 is 1.90 bits per heavy atom. The van der Waals surface area contributed by atoms with Gasteiger partial charge in [-0.05, 0) is 44.2 Å². The molecule has 0 unspecified atom stereocenters. The van der Waals surface area contributed by atoms with E-state index < -0.39 is 17.7 Å². The van der Waals surface area contributed by atoms with Gasteiger partial charge in [-0.2, -0.15) is 13.2 Å². The summed E-state index contributed by atoms with van der Waals surface area (Å²) in [7, 11) is 0. The molecule has 0 fully saturated rings. The Morgan fingerprint density at radius 1 is 1.16 bits per heavy atom. The van der Waals surface area contributed by atoms with Crippen LogP contribution in [-0.2, 0) is 24.1 Å². The third-order valence-corrected chi connectivity index (χ3v) is 5.26. The van der Waals surface area contributed by atoms with Crippen molar-refractivity contribution in [2.75, 3.05) is 11.1 Å². The van der Waals surface area contributed by atoms with Gasteiger partial charge in [0.15, 0.2) is 11.0 Å². The highest BCUT2D eigenvalue weighted by Crippen LogP contribution is 2.30. The minimum atomic E-state index is -4.40. The third kappa shape index (κ3) is 6.24. The fourth-order valence-electron chi connectivity index (χ4n) is 2.75. The van der Waals surface area contributed by atoms with Crippen LogP contribution in [0.3, 0.4) is 0 Å². The monoisotopic (exact) mass is 450 g/mol. The first kappa shape index (κ1) is 22.7. The van der Waals surface area contributed by atoms with E-state index in [1.807, 2.05) is 26.0 Å². The molecule has 0 amide bonds. The standard InChI is InChI=1S/C21H21F3N4O2S/c1-3-28-18(12-25-16-6-4-5-15(11-16)21(22,23)24)26-27-20(28)31-13-19(29)30-17-9-7-14(2)8-10-17/h4-11,25H,3,12-13H2,1-2H3. The summed E-state index contributed by atoms with van der Waals surface area (Å²) in [6, 6.07) is 12.1. The van der Waals surface area contributed by atoms with Gasteiger partial charge in [0.05, 0.1) is 17.9 Å². The van der Waals surface area contributed by atoms with Gasteiger partial charge >= 0.3 is 12.1 Å². The first-order valence-corrected chi connectivity index (χ1v) is 10.5. The average molecular weight is 450 g/mol. The molecule has 1 heterocycles. The number of hydrogen-bond acceptors (Lipinski definition) is 6. The number of alkyl halides is 3. The molecule has 0 atom stereocenters. The highest BCUT2D eigenvalue weighted by molar-refractivity contribution is 7.99. The Hall–Kier alpha value is -3.01. The van der Waals surface area contributed by atoms with Crippen LogP contribution in [0, 0.1) is 6.92 Å². The maximum absolute atomic E-state index is 12.9. The average Bonchev–Trinajstić information content (AvgIpc) is 3.14. The van der Waals surface area contributed by atoms with Crippen LogP contribution in [0.25, 0.3) is 0 Å². The molecular weight excluding hydrogens is 429 g/mol. The number of thioether (sulfide) groups is 1. The van der Waals surface area contributed by atoms with Crippen LogP contribution in [0.4, 0.5) is 18.9 Å². The van der Waals surface area contributed by atoms with Crippen molar-refractivity contribution >= 4 is 23.4 Å². The van der Waals surface area contributed by atoms with E-state index in [4.69, 9.17) is 4.74 Å². The van der Waals surface area contributed by atoms with Gasteiger partial charge in [-0.1, -0.05) is 35.5 Å². The van der Waals surface area contributed by atoms with Crippen LogP contribution in [0.15, 0.2) is 53.7 Å². The Labute approximate surface area is 181 Å². The predicted molar refractivity (Wildman–Crippen MR) is 112 cm³/mol. The molecule has 1 N–H and O–H groups in total. The quantitative estimate of drug-likeness (QED) is 0.298. The van der Waals surface area contributed by atoms with Crippen molar-refractivity contribution in [2.45, 2.75) is 38.3 Å². The van der Waals surface area contributed by atoms with Crippen LogP contribution in [0.5, 0.6) is 5.75 Å². The van der Waals surface area contributed by atoms with E-state index in [-0.39, 0.29) is 12.3 Å². The van der Waals surface area contributed by atoms with E-state index in [1.54, 1.807) is 22.8 Å². The van der Waals surface area contributed by atoms with Gasteiger partial charge in [-0.3, -0.25) is 4.79 Å². The zero-order valence-corrected chi connectivity index (χ0v) is 17.8. The first-order valence-electron chi connectivity index (χ1n) is 9.49. The lowest BCUT2D eigenvalue weighted by molar-refractivity contribution is -0.137. The molecule has 1 aromatic heterocycles. The van der Waals surface area contributed by atoms with E-state index >= 15 is 0 Å². The highest BCUT2D eigenvalue weighted by atomic mass is 32.2. The Balaban J connectivity index is 1.59. The number of anilines is 1. The van der Waals surface area contributed by atoms with Crippen molar-refractivity contribution in [2.24, 2.45) is 0 Å². The van der Waals surface area contributed by atoms with Gasteiger partial charge in [-0.25, -0.2) is 0 Å². The van der Waals surface area contributed by atoms with Gasteiger partial charge in [-0.15, -0.1) is 10.2 Å². The van der Waals surface area contributed by atoms with Crippen molar-refractivity contribution in [1.29, 1.82) is 0 Å². The summed E-state index contributed by atoms with van der Waals surface area (Å²) in [4.78, 5) is 12.1. The second-order valence-electron chi connectivity index (χ2n) is 6.65. The topological polar surface area (TPSA) is 69.0 Å². The van der Waals surface area contributed by atoms with Gasteiger partial charge in [0, 0.05) is 12.2 Å². The van der Waals surface area contributed by atoms with Gasteiger partial charge < -0.3 is 14.6 Å². The lowest BCUT2D eigenvalue weighted by atomic mass is 10.2. The van der Waals surface area contributed by atoms with Gasteiger partial charge in [0.2, 0.25) is 0 Å². The van der Waals surface area contributed by atoms with Crippen molar-refractivity contribution in [3.8, 4) is 5.75 Å². The van der Waals surface area contributed by atoms with Crippen LogP contribution >= 0.6 is 11.8 Å². The van der Waals surface area contributed by atoms with Crippen molar-refractivity contribution in [3.63, 3.8) is 0 Å². The summed E-state index contributed by atoms with van der Waals surface area (Å²) in [6.45, 7) is 4.57. The summed E-state index contributed by atoms with van der Waals surface area (Å²) in [5, 5.41) is 11.7. The number of aromatic nitrogens is 3. The molecule has 164 valence electrons. The first-order chi connectivity index (χ1) is 14.8. The lowest BCUT2D eigenvalue weighted by Gasteiger charge is -2.11. The van der Waals surface area contributed by atoms with Crippen LogP contribution in [-0.4, -0.2) is 26.5 Å². The number of nitrogens with one attached hydrogen (secondary N) is 1. The Kier molecular flexibility index (Phi) is 7.21. The number of aryl methyl sites for hydroxylation is 1. The SMILES string of the molecule is CCn1c(CNc2cccc(C(F)(F)F)c2)nnc1SCC(=O)Oc1ccc(C)cc1. The summed E-state index contributed by atoms with van der Waals surface area (Å²) in [5.41, 5.74) is 0.672. The molecule has 0 saturated carbocycles. The number of carbonyl (C=O) groups excluding carboxylic acids is 1. The number of benzene rings is 2. The number of nitrogens with zero attached hydrogens (tertiary/aromatic N) is 3.